The minimum absolute atomic E-state index is 0.0556. The molecule has 120 valence electrons. The number of allylic oxidation sites excluding steroid dienone is 2. The summed E-state index contributed by atoms with van der Waals surface area (Å²) in [6, 6.07) is 0. The highest BCUT2D eigenvalue weighted by molar-refractivity contribution is 7.80. The van der Waals surface area contributed by atoms with Crippen molar-refractivity contribution in [2.24, 2.45) is 34.5 Å². The van der Waals surface area contributed by atoms with E-state index in [1.54, 1.807) is 0 Å². The number of thiol groups is 1. The minimum atomic E-state index is -0.0556. The van der Waals surface area contributed by atoms with Crippen molar-refractivity contribution in [2.75, 3.05) is 5.75 Å². The van der Waals surface area contributed by atoms with Gasteiger partial charge in [-0.05, 0) is 67.6 Å². The molecule has 0 radical (unpaired) electrons. The number of Topliss-reactive ketones (excluding diaryl/α,β-unsaturated/α-hetero) is 1. The Morgan fingerprint density at radius 3 is 2.77 bits per heavy atom. The van der Waals surface area contributed by atoms with Crippen LogP contribution in [0.3, 0.4) is 0 Å². The topological polar surface area (TPSA) is 34.1 Å². The van der Waals surface area contributed by atoms with Crippen LogP contribution >= 0.6 is 12.6 Å². The lowest BCUT2D eigenvalue weighted by atomic mass is 9.46. The molecule has 0 spiro atoms. The molecule has 0 saturated heterocycles. The largest absolute Gasteiger partial charge is 0.299 e. The van der Waals surface area contributed by atoms with E-state index in [2.05, 4.69) is 13.0 Å². The third kappa shape index (κ3) is 1.81. The van der Waals surface area contributed by atoms with Crippen molar-refractivity contribution in [3.8, 4) is 0 Å². The monoisotopic (exact) mass is 318 g/mol. The number of ketones is 2. The molecule has 3 fully saturated rings. The zero-order valence-corrected chi connectivity index (χ0v) is 14.3. The first-order valence-electron chi connectivity index (χ1n) is 8.87. The maximum atomic E-state index is 12.4. The van der Waals surface area contributed by atoms with Gasteiger partial charge in [0.1, 0.15) is 5.78 Å². The molecule has 4 aliphatic carbocycles. The van der Waals surface area contributed by atoms with E-state index < -0.39 is 0 Å². The van der Waals surface area contributed by atoms with E-state index in [1.165, 1.54) is 6.42 Å². The Balaban J connectivity index is 1.72. The van der Waals surface area contributed by atoms with Crippen LogP contribution < -0.4 is 0 Å². The van der Waals surface area contributed by atoms with Gasteiger partial charge in [0.2, 0.25) is 0 Å². The third-order valence-corrected chi connectivity index (χ3v) is 8.29. The molecule has 1 unspecified atom stereocenters. The highest BCUT2D eigenvalue weighted by Gasteiger charge is 2.60. The first kappa shape index (κ1) is 15.0. The molecule has 3 saturated carbocycles. The molecule has 0 aromatic heterocycles. The highest BCUT2D eigenvalue weighted by atomic mass is 32.1. The Bertz CT molecular complexity index is 554. The first-order chi connectivity index (χ1) is 10.5. The fourth-order valence-corrected chi connectivity index (χ4v) is 7.10. The van der Waals surface area contributed by atoms with Gasteiger partial charge < -0.3 is 0 Å². The lowest BCUT2D eigenvalue weighted by molar-refractivity contribution is -0.134. The Labute approximate surface area is 138 Å². The van der Waals surface area contributed by atoms with Gasteiger partial charge in [0, 0.05) is 23.7 Å². The van der Waals surface area contributed by atoms with Crippen molar-refractivity contribution in [1.82, 2.24) is 0 Å². The summed E-state index contributed by atoms with van der Waals surface area (Å²) in [5, 5.41) is 0. The van der Waals surface area contributed by atoms with Gasteiger partial charge in [-0.15, -0.1) is 0 Å². The summed E-state index contributed by atoms with van der Waals surface area (Å²) in [7, 11) is 0. The molecular formula is C19H26O2S. The van der Waals surface area contributed by atoms with Crippen LogP contribution in [0.15, 0.2) is 12.2 Å². The number of hydrogen-bond acceptors (Lipinski definition) is 3. The number of fused-ring (bicyclic) bond motifs is 5. The molecule has 22 heavy (non-hydrogen) atoms. The number of carbonyl (C=O) groups excluding carboxylic acids is 2. The van der Waals surface area contributed by atoms with Crippen molar-refractivity contribution >= 4 is 24.2 Å². The van der Waals surface area contributed by atoms with Crippen molar-refractivity contribution in [3.05, 3.63) is 12.2 Å². The average Bonchev–Trinajstić information content (AvgIpc) is 2.82. The molecule has 0 aromatic rings. The molecule has 4 aliphatic rings. The number of hydrogen-bond donors (Lipinski definition) is 1. The molecule has 2 nitrogen and oxygen atoms in total. The van der Waals surface area contributed by atoms with Gasteiger partial charge in [-0.3, -0.25) is 9.59 Å². The summed E-state index contributed by atoms with van der Waals surface area (Å²) in [5.74, 6) is 3.97. The summed E-state index contributed by atoms with van der Waals surface area (Å²) in [6.07, 6.45) is 11.2. The lowest BCUT2D eigenvalue weighted by Crippen LogP contribution is -2.54. The van der Waals surface area contributed by atoms with Crippen LogP contribution in [0.2, 0.25) is 0 Å². The second-order valence-electron chi connectivity index (χ2n) is 8.34. The van der Waals surface area contributed by atoms with Gasteiger partial charge in [-0.25, -0.2) is 0 Å². The summed E-state index contributed by atoms with van der Waals surface area (Å²) < 4.78 is 0. The maximum Gasteiger partial charge on any atom is 0.155 e. The molecule has 0 bridgehead atoms. The van der Waals surface area contributed by atoms with Crippen molar-refractivity contribution < 1.29 is 9.59 Å². The summed E-state index contributed by atoms with van der Waals surface area (Å²) in [6.45, 7) is 2.23. The molecule has 4 rings (SSSR count). The van der Waals surface area contributed by atoms with Gasteiger partial charge >= 0.3 is 0 Å². The van der Waals surface area contributed by atoms with Crippen molar-refractivity contribution in [2.45, 2.75) is 51.9 Å². The van der Waals surface area contributed by atoms with Gasteiger partial charge in [0.05, 0.1) is 0 Å². The fourth-order valence-electron chi connectivity index (χ4n) is 6.50. The summed E-state index contributed by atoms with van der Waals surface area (Å²) in [4.78, 5) is 24.3. The van der Waals surface area contributed by atoms with E-state index >= 15 is 0 Å². The zero-order chi connectivity index (χ0) is 15.5. The van der Waals surface area contributed by atoms with Crippen LogP contribution in [-0.4, -0.2) is 17.3 Å². The van der Waals surface area contributed by atoms with Crippen LogP contribution in [0.5, 0.6) is 0 Å². The Morgan fingerprint density at radius 2 is 2.00 bits per heavy atom. The van der Waals surface area contributed by atoms with E-state index in [0.717, 1.165) is 37.9 Å². The van der Waals surface area contributed by atoms with Crippen LogP contribution in [0, 0.1) is 34.5 Å². The predicted molar refractivity (Wildman–Crippen MR) is 89.8 cm³/mol. The minimum Gasteiger partial charge on any atom is -0.299 e. The first-order valence-corrected chi connectivity index (χ1v) is 9.51. The highest BCUT2D eigenvalue weighted by Crippen LogP contribution is 2.64. The van der Waals surface area contributed by atoms with Crippen molar-refractivity contribution in [3.63, 3.8) is 0 Å². The zero-order valence-electron chi connectivity index (χ0n) is 13.4. The molecule has 0 N–H and O–H groups in total. The van der Waals surface area contributed by atoms with E-state index in [-0.39, 0.29) is 16.6 Å². The van der Waals surface area contributed by atoms with Gasteiger partial charge in [-0.1, -0.05) is 13.0 Å². The predicted octanol–water partition coefficient (Wildman–Crippen LogP) is 3.85. The lowest BCUT2D eigenvalue weighted by Gasteiger charge is -2.58. The van der Waals surface area contributed by atoms with Gasteiger partial charge in [-0.2, -0.15) is 12.6 Å². The average molecular weight is 318 g/mol. The standard InChI is InChI=1S/C19H26O2S/c1-18-8-7-16-14(15(18)4-5-17(18)21)3-2-12-10-13(20)6-9-19(12,16)11-22/h6,9,12,14-16,22H,2-5,7-8,10-11H2,1H3/t12?,14-,15-,16+,18-,19+/m0/s1. The van der Waals surface area contributed by atoms with Crippen LogP contribution in [-0.2, 0) is 9.59 Å². The van der Waals surface area contributed by atoms with E-state index in [1.807, 2.05) is 6.08 Å². The van der Waals surface area contributed by atoms with Crippen LogP contribution in [0.4, 0.5) is 0 Å². The molecule has 0 heterocycles. The van der Waals surface area contributed by atoms with Crippen molar-refractivity contribution in [1.29, 1.82) is 0 Å². The molecule has 6 atom stereocenters. The maximum absolute atomic E-state index is 12.4. The summed E-state index contributed by atoms with van der Waals surface area (Å²) >= 11 is 4.73. The molecule has 0 amide bonds. The van der Waals surface area contributed by atoms with E-state index in [4.69, 9.17) is 12.6 Å². The molecule has 0 aromatic carbocycles. The fraction of sp³-hybridized carbons (Fsp3) is 0.789. The molecule has 3 heteroatoms. The third-order valence-electron chi connectivity index (χ3n) is 7.75. The molecule has 0 aliphatic heterocycles. The number of rotatable bonds is 1. The second-order valence-corrected chi connectivity index (χ2v) is 8.66. The quantitative estimate of drug-likeness (QED) is 0.745. The smallest absolute Gasteiger partial charge is 0.155 e. The Hall–Kier alpha value is -0.570. The van der Waals surface area contributed by atoms with Gasteiger partial charge in [0.15, 0.2) is 5.78 Å². The van der Waals surface area contributed by atoms with Crippen LogP contribution in [0.1, 0.15) is 51.9 Å². The van der Waals surface area contributed by atoms with E-state index in [9.17, 15) is 9.59 Å². The Kier molecular flexibility index (Phi) is 3.38. The summed E-state index contributed by atoms with van der Waals surface area (Å²) in [5.41, 5.74) is 0.0485. The molecular weight excluding hydrogens is 292 g/mol. The SMILES string of the molecule is C[C@]12CC[C@@H]3[C@@H](CCC4CC(=O)C=C[C@@]43CS)[C@@H]1CCC2=O. The van der Waals surface area contributed by atoms with Gasteiger partial charge in [0.25, 0.3) is 0 Å². The van der Waals surface area contributed by atoms with E-state index in [0.29, 0.717) is 35.9 Å². The second kappa shape index (κ2) is 4.96. The Morgan fingerprint density at radius 1 is 1.18 bits per heavy atom. The number of carbonyl (C=O) groups is 2. The normalized spacial score (nSPS) is 50.5. The van der Waals surface area contributed by atoms with Crippen LogP contribution in [0.25, 0.3) is 0 Å².